The molecule has 2 fully saturated rings. The lowest BCUT2D eigenvalue weighted by molar-refractivity contribution is 0.0208. The van der Waals surface area contributed by atoms with Crippen LogP contribution in [0, 0.1) is 0 Å². The minimum atomic E-state index is 0.221. The van der Waals surface area contributed by atoms with Crippen LogP contribution in [-0.2, 0) is 11.3 Å². The molecular formula is C24H41N5O. The van der Waals surface area contributed by atoms with Crippen LogP contribution in [0.25, 0.3) is 0 Å². The topological polar surface area (TPSA) is 52.1 Å². The van der Waals surface area contributed by atoms with Crippen LogP contribution in [0.1, 0.15) is 44.6 Å². The molecule has 0 aliphatic carbocycles. The zero-order chi connectivity index (χ0) is 21.1. The summed E-state index contributed by atoms with van der Waals surface area (Å²) in [7, 11) is 2.24. The van der Waals surface area contributed by atoms with Crippen molar-refractivity contribution in [2.24, 2.45) is 4.99 Å². The second-order valence-corrected chi connectivity index (χ2v) is 8.74. The van der Waals surface area contributed by atoms with Crippen LogP contribution >= 0.6 is 0 Å². The monoisotopic (exact) mass is 415 g/mol. The molecule has 0 bridgehead atoms. The number of piperidine rings is 2. The van der Waals surface area contributed by atoms with Gasteiger partial charge in [-0.15, -0.1) is 0 Å². The molecule has 2 N–H and O–H groups in total. The van der Waals surface area contributed by atoms with Gasteiger partial charge in [0.05, 0.1) is 19.8 Å². The van der Waals surface area contributed by atoms with Crippen LogP contribution in [0.5, 0.6) is 0 Å². The second-order valence-electron chi connectivity index (χ2n) is 8.74. The molecule has 0 amide bonds. The smallest absolute Gasteiger partial charge is 0.191 e. The molecule has 2 aliphatic rings. The van der Waals surface area contributed by atoms with Gasteiger partial charge in [0.25, 0.3) is 0 Å². The van der Waals surface area contributed by atoms with Gasteiger partial charge in [0.2, 0.25) is 0 Å². The summed E-state index contributed by atoms with van der Waals surface area (Å²) in [5, 5.41) is 6.87. The van der Waals surface area contributed by atoms with Crippen LogP contribution in [-0.4, -0.2) is 80.8 Å². The average molecular weight is 416 g/mol. The van der Waals surface area contributed by atoms with E-state index in [1.54, 1.807) is 0 Å². The Morgan fingerprint density at radius 2 is 1.77 bits per heavy atom. The van der Waals surface area contributed by atoms with Gasteiger partial charge in [-0.25, -0.2) is 0 Å². The van der Waals surface area contributed by atoms with Crippen molar-refractivity contribution in [1.82, 2.24) is 20.4 Å². The van der Waals surface area contributed by atoms with Gasteiger partial charge in [0, 0.05) is 18.6 Å². The van der Waals surface area contributed by atoms with E-state index in [4.69, 9.17) is 9.73 Å². The molecule has 0 aromatic heterocycles. The Bertz CT molecular complexity index is 622. The molecule has 6 nitrogen and oxygen atoms in total. The van der Waals surface area contributed by atoms with Crippen molar-refractivity contribution in [2.45, 2.75) is 51.2 Å². The standard InChI is InChI=1S/C24H41N5O/c1-3-25-23(26-14-19-30-20-22-10-6-4-7-11-22)27-21-24(12-17-28(2)18-13-24)29-15-8-5-9-16-29/h4,6-7,10-11H,3,5,8-9,12-21H2,1-2H3,(H2,25,26,27). The summed E-state index contributed by atoms with van der Waals surface area (Å²) < 4.78 is 5.81. The van der Waals surface area contributed by atoms with E-state index in [0.717, 1.165) is 25.6 Å². The predicted molar refractivity (Wildman–Crippen MR) is 125 cm³/mol. The Morgan fingerprint density at radius 3 is 2.47 bits per heavy atom. The summed E-state index contributed by atoms with van der Waals surface area (Å²) in [4.78, 5) is 10.3. The highest BCUT2D eigenvalue weighted by atomic mass is 16.5. The maximum Gasteiger partial charge on any atom is 0.191 e. The van der Waals surface area contributed by atoms with E-state index in [2.05, 4.69) is 46.5 Å². The van der Waals surface area contributed by atoms with Crippen LogP contribution in [0.15, 0.2) is 35.3 Å². The zero-order valence-corrected chi connectivity index (χ0v) is 19.0. The number of nitrogens with one attached hydrogen (secondary N) is 2. The Balaban J connectivity index is 1.51. The van der Waals surface area contributed by atoms with E-state index in [1.807, 2.05) is 18.2 Å². The summed E-state index contributed by atoms with van der Waals surface area (Å²) in [5.74, 6) is 0.913. The highest BCUT2D eigenvalue weighted by molar-refractivity contribution is 5.79. The SMILES string of the molecule is CCNC(=NCC1(N2CCCCC2)CCN(C)CC1)NCCOCc1ccccc1. The van der Waals surface area contributed by atoms with Crippen molar-refractivity contribution in [1.29, 1.82) is 0 Å². The van der Waals surface area contributed by atoms with Gasteiger partial charge in [-0.05, 0) is 71.4 Å². The van der Waals surface area contributed by atoms with Crippen molar-refractivity contribution in [3.05, 3.63) is 35.9 Å². The molecule has 2 heterocycles. The first-order valence-corrected chi connectivity index (χ1v) is 11.8. The van der Waals surface area contributed by atoms with Crippen LogP contribution in [0.4, 0.5) is 0 Å². The number of hydrogen-bond donors (Lipinski definition) is 2. The molecule has 0 radical (unpaired) electrons. The Hall–Kier alpha value is -1.63. The predicted octanol–water partition coefficient (Wildman–Crippen LogP) is 2.71. The molecule has 0 atom stereocenters. The van der Waals surface area contributed by atoms with Crippen LogP contribution in [0.2, 0.25) is 0 Å². The fraction of sp³-hybridized carbons (Fsp3) is 0.708. The highest BCUT2D eigenvalue weighted by Crippen LogP contribution is 2.31. The third-order valence-corrected chi connectivity index (χ3v) is 6.47. The third kappa shape index (κ3) is 6.96. The number of likely N-dealkylation sites (tertiary alicyclic amines) is 2. The normalized spacial score (nSPS) is 20.8. The number of nitrogens with zero attached hydrogens (tertiary/aromatic N) is 3. The molecule has 0 spiro atoms. The molecule has 3 rings (SSSR count). The molecule has 0 unspecified atom stereocenters. The molecule has 30 heavy (non-hydrogen) atoms. The quantitative estimate of drug-likeness (QED) is 0.369. The molecule has 2 aliphatic heterocycles. The number of rotatable bonds is 9. The average Bonchev–Trinajstić information content (AvgIpc) is 2.80. The molecular weight excluding hydrogens is 374 g/mol. The van der Waals surface area contributed by atoms with Crippen molar-refractivity contribution in [3.8, 4) is 0 Å². The molecule has 1 aromatic carbocycles. The van der Waals surface area contributed by atoms with E-state index in [1.165, 1.54) is 63.8 Å². The third-order valence-electron chi connectivity index (χ3n) is 6.47. The molecule has 1 aromatic rings. The van der Waals surface area contributed by atoms with Gasteiger partial charge >= 0.3 is 0 Å². The number of aliphatic imine (C=N–C) groups is 1. The summed E-state index contributed by atoms with van der Waals surface area (Å²) in [6.45, 7) is 10.8. The Labute approximate surface area is 183 Å². The molecule has 2 saturated heterocycles. The highest BCUT2D eigenvalue weighted by Gasteiger charge is 2.39. The van der Waals surface area contributed by atoms with E-state index in [9.17, 15) is 0 Å². The summed E-state index contributed by atoms with van der Waals surface area (Å²) in [5.41, 5.74) is 1.43. The largest absolute Gasteiger partial charge is 0.375 e. The first kappa shape index (κ1) is 23.0. The Kier molecular flexibility index (Phi) is 9.43. The van der Waals surface area contributed by atoms with E-state index >= 15 is 0 Å². The minimum absolute atomic E-state index is 0.221. The summed E-state index contributed by atoms with van der Waals surface area (Å²) in [6, 6.07) is 10.3. The lowest BCUT2D eigenvalue weighted by Gasteiger charge is -2.49. The van der Waals surface area contributed by atoms with Crippen molar-refractivity contribution in [3.63, 3.8) is 0 Å². The van der Waals surface area contributed by atoms with E-state index in [0.29, 0.717) is 13.2 Å². The van der Waals surface area contributed by atoms with Crippen LogP contribution < -0.4 is 10.6 Å². The van der Waals surface area contributed by atoms with Gasteiger partial charge in [-0.2, -0.15) is 0 Å². The summed E-state index contributed by atoms with van der Waals surface area (Å²) >= 11 is 0. The number of hydrogen-bond acceptors (Lipinski definition) is 4. The van der Waals surface area contributed by atoms with Gasteiger partial charge in [-0.1, -0.05) is 36.8 Å². The fourth-order valence-corrected chi connectivity index (χ4v) is 4.55. The zero-order valence-electron chi connectivity index (χ0n) is 19.0. The Morgan fingerprint density at radius 1 is 1.03 bits per heavy atom. The van der Waals surface area contributed by atoms with Crippen molar-refractivity contribution >= 4 is 5.96 Å². The number of ether oxygens (including phenoxy) is 1. The lowest BCUT2D eigenvalue weighted by atomic mass is 9.84. The molecule has 168 valence electrons. The van der Waals surface area contributed by atoms with Crippen molar-refractivity contribution in [2.75, 3.05) is 59.5 Å². The van der Waals surface area contributed by atoms with Gasteiger partial charge in [0.1, 0.15) is 0 Å². The molecule has 6 heteroatoms. The first-order chi connectivity index (χ1) is 14.7. The molecule has 0 saturated carbocycles. The maximum absolute atomic E-state index is 5.81. The summed E-state index contributed by atoms with van der Waals surface area (Å²) in [6.07, 6.45) is 6.47. The van der Waals surface area contributed by atoms with Gasteiger partial charge in [-0.3, -0.25) is 9.89 Å². The van der Waals surface area contributed by atoms with Crippen LogP contribution in [0.3, 0.4) is 0 Å². The maximum atomic E-state index is 5.81. The minimum Gasteiger partial charge on any atom is -0.375 e. The van der Waals surface area contributed by atoms with Crippen molar-refractivity contribution < 1.29 is 4.74 Å². The van der Waals surface area contributed by atoms with E-state index in [-0.39, 0.29) is 5.54 Å². The van der Waals surface area contributed by atoms with E-state index < -0.39 is 0 Å². The first-order valence-electron chi connectivity index (χ1n) is 11.8. The fourth-order valence-electron chi connectivity index (χ4n) is 4.55. The number of guanidine groups is 1. The number of benzene rings is 1. The van der Waals surface area contributed by atoms with Gasteiger partial charge in [0.15, 0.2) is 5.96 Å². The second kappa shape index (κ2) is 12.3. The van der Waals surface area contributed by atoms with Gasteiger partial charge < -0.3 is 20.3 Å². The lowest BCUT2D eigenvalue weighted by Crippen LogP contribution is -2.58.